The quantitative estimate of drug-likeness (QED) is 0.131. The Bertz CT molecular complexity index is 2340. The van der Waals surface area contributed by atoms with Crippen LogP contribution in [-0.4, -0.2) is 16.9 Å². The van der Waals surface area contributed by atoms with E-state index in [1.54, 1.807) is 0 Å². The van der Waals surface area contributed by atoms with Gasteiger partial charge in [0, 0.05) is 10.9 Å². The molecule has 0 spiro atoms. The van der Waals surface area contributed by atoms with Gasteiger partial charge in [-0.3, -0.25) is 8.63 Å². The normalized spacial score (nSPS) is 13.3. The van der Waals surface area contributed by atoms with Crippen LogP contribution in [0.4, 0.5) is 67.1 Å². The van der Waals surface area contributed by atoms with Crippen LogP contribution < -0.4 is 5.49 Å². The molecule has 0 aliphatic rings. The summed E-state index contributed by atoms with van der Waals surface area (Å²) >= 11 is 0. The van der Waals surface area contributed by atoms with Gasteiger partial charge in [0.25, 0.3) is 0 Å². The molecular formula is C34H16BF14N3. The number of fused-ring (bicyclic) bond motifs is 2. The highest BCUT2D eigenvalue weighted by molar-refractivity contribution is 6.42. The molecule has 0 amide bonds. The van der Waals surface area contributed by atoms with E-state index in [0.29, 0.717) is 28.7 Å². The van der Waals surface area contributed by atoms with Gasteiger partial charge in [-0.2, -0.15) is 52.7 Å². The minimum absolute atomic E-state index is 0.000192. The summed E-state index contributed by atoms with van der Waals surface area (Å²) in [6, 6.07) is 14.2. The topological polar surface area (TPSA) is 30.2 Å². The predicted octanol–water partition coefficient (Wildman–Crippen LogP) is 11.6. The summed E-state index contributed by atoms with van der Waals surface area (Å²) in [7, 11) is -3.24. The van der Waals surface area contributed by atoms with Gasteiger partial charge in [0.1, 0.15) is 5.49 Å². The maximum absolute atomic E-state index is 14.4. The summed E-state index contributed by atoms with van der Waals surface area (Å²) < 4.78 is 190. The largest absolute Gasteiger partial charge is 0.679 e. The average Bonchev–Trinajstić information content (AvgIpc) is 3.05. The van der Waals surface area contributed by atoms with E-state index in [1.807, 2.05) is 0 Å². The Balaban J connectivity index is 1.40. The first-order chi connectivity index (χ1) is 24.1. The van der Waals surface area contributed by atoms with E-state index >= 15 is 0 Å². The lowest BCUT2D eigenvalue weighted by atomic mass is 9.97. The van der Waals surface area contributed by atoms with Crippen LogP contribution in [0.15, 0.2) is 102 Å². The van der Waals surface area contributed by atoms with E-state index < -0.39 is 59.9 Å². The van der Waals surface area contributed by atoms with Crippen molar-refractivity contribution >= 4 is 35.0 Å². The fraction of sp³-hybridized carbons (Fsp3) is 0.118. The summed E-state index contributed by atoms with van der Waals surface area (Å²) in [6.07, 6.45) is -20.3. The highest BCUT2D eigenvalue weighted by atomic mass is 19.4. The molecule has 268 valence electrons. The Kier molecular flexibility index (Phi) is 8.86. The molecule has 0 N–H and O–H groups in total. The molecule has 0 bridgehead atoms. The minimum Gasteiger partial charge on any atom is -0.310 e. The second-order valence-electron chi connectivity index (χ2n) is 11.4. The lowest BCUT2D eigenvalue weighted by Crippen LogP contribution is -2.29. The van der Waals surface area contributed by atoms with Crippen LogP contribution in [0.2, 0.25) is 0 Å². The molecule has 0 radical (unpaired) electrons. The van der Waals surface area contributed by atoms with Gasteiger partial charge in [-0.15, -0.1) is 0 Å². The molecule has 18 heteroatoms. The van der Waals surface area contributed by atoms with Crippen molar-refractivity contribution in [3.05, 3.63) is 125 Å². The van der Waals surface area contributed by atoms with Crippen LogP contribution in [-0.2, 0) is 24.7 Å². The van der Waals surface area contributed by atoms with Crippen molar-refractivity contribution in [2.45, 2.75) is 24.7 Å². The Morgan fingerprint density at radius 1 is 0.462 bits per heavy atom. The third kappa shape index (κ3) is 7.46. The zero-order chi connectivity index (χ0) is 38.0. The summed E-state index contributed by atoms with van der Waals surface area (Å²) in [6.45, 7) is 0. The molecule has 2 aromatic heterocycles. The van der Waals surface area contributed by atoms with Gasteiger partial charge in [0.2, 0.25) is 0 Å². The number of pyridine rings is 2. The monoisotopic (exact) mass is 743 g/mol. The second kappa shape index (κ2) is 12.7. The minimum atomic E-state index is -5.11. The number of benzene rings is 4. The molecule has 6 rings (SSSR count). The molecule has 0 atom stereocenters. The van der Waals surface area contributed by atoms with Gasteiger partial charge in [0.05, 0.1) is 27.8 Å². The number of hydrogen-bond donors (Lipinski definition) is 0. The predicted molar refractivity (Wildman–Crippen MR) is 163 cm³/mol. The highest BCUT2D eigenvalue weighted by Gasteiger charge is 2.38. The van der Waals surface area contributed by atoms with Crippen molar-refractivity contribution in [3.63, 3.8) is 0 Å². The molecule has 2 heterocycles. The zero-order valence-corrected chi connectivity index (χ0v) is 25.4. The van der Waals surface area contributed by atoms with E-state index in [9.17, 15) is 61.3 Å². The zero-order valence-electron chi connectivity index (χ0n) is 25.4. The summed E-state index contributed by atoms with van der Waals surface area (Å²) in [5.41, 5.74) is -7.47. The first-order valence-corrected chi connectivity index (χ1v) is 14.6. The lowest BCUT2D eigenvalue weighted by Gasteiger charge is -2.15. The van der Waals surface area contributed by atoms with Crippen molar-refractivity contribution in [1.29, 1.82) is 0 Å². The van der Waals surface area contributed by atoms with E-state index in [4.69, 9.17) is 0 Å². The van der Waals surface area contributed by atoms with E-state index in [0.717, 1.165) is 24.3 Å². The van der Waals surface area contributed by atoms with Crippen molar-refractivity contribution < 1.29 is 61.3 Å². The number of alkyl halides is 12. The summed E-state index contributed by atoms with van der Waals surface area (Å²) in [4.78, 5) is 8.39. The van der Waals surface area contributed by atoms with Crippen LogP contribution in [0.25, 0.3) is 44.1 Å². The second-order valence-corrected chi connectivity index (χ2v) is 11.4. The molecule has 0 saturated heterocycles. The number of hydrogen-bond acceptors (Lipinski definition) is 2. The first kappa shape index (κ1) is 36.4. The van der Waals surface area contributed by atoms with Crippen LogP contribution in [0, 0.1) is 0 Å². The van der Waals surface area contributed by atoms with Crippen LogP contribution in [0.3, 0.4) is 0 Å². The third-order valence-corrected chi connectivity index (χ3v) is 7.89. The van der Waals surface area contributed by atoms with Crippen LogP contribution >= 0.6 is 0 Å². The van der Waals surface area contributed by atoms with Crippen molar-refractivity contribution in [2.75, 3.05) is 0 Å². The van der Waals surface area contributed by atoms with E-state index in [2.05, 4.69) is 9.98 Å². The number of nitrogens with zero attached hydrogens (tertiary/aromatic N) is 3. The van der Waals surface area contributed by atoms with Gasteiger partial charge >= 0.3 is 32.1 Å². The van der Waals surface area contributed by atoms with Crippen molar-refractivity contribution in [3.8, 4) is 22.3 Å². The molecule has 0 unspecified atom stereocenters. The fourth-order valence-electron chi connectivity index (χ4n) is 5.47. The average molecular weight is 743 g/mol. The fourth-order valence-corrected chi connectivity index (χ4v) is 5.47. The standard InChI is InChI=1S/C34H16BF14N3/c36-31(37,38)23-11-21(12-24(15-23)32(39,40)41)17-1-5-27-19(9-17)3-7-29(50-27)51-30-8-4-20-10-18(2-6-28(20)52(30)35(48)49)22-13-25(33(42,43)44)16-26(14-22)34(45,46)47/h1-16H/b51-30-. The molecule has 52 heavy (non-hydrogen) atoms. The molecule has 3 nitrogen and oxygen atoms in total. The van der Waals surface area contributed by atoms with Gasteiger partial charge in [-0.05, 0) is 113 Å². The van der Waals surface area contributed by atoms with E-state index in [-0.39, 0.29) is 61.9 Å². The molecule has 0 aliphatic carbocycles. The number of rotatable bonds is 4. The molecule has 0 saturated carbocycles. The molecular weight excluding hydrogens is 727 g/mol. The molecule has 4 aromatic carbocycles. The Morgan fingerprint density at radius 2 is 0.904 bits per heavy atom. The molecule has 6 aromatic rings. The maximum Gasteiger partial charge on any atom is 0.679 e. The smallest absolute Gasteiger partial charge is 0.310 e. The number of halogens is 14. The lowest BCUT2D eigenvalue weighted by molar-refractivity contribution is -0.144. The molecule has 0 fully saturated rings. The van der Waals surface area contributed by atoms with Crippen molar-refractivity contribution in [2.24, 2.45) is 4.99 Å². The van der Waals surface area contributed by atoms with Crippen molar-refractivity contribution in [1.82, 2.24) is 9.46 Å². The van der Waals surface area contributed by atoms with Gasteiger partial charge in [0.15, 0.2) is 5.82 Å². The SMILES string of the molecule is FB(F)n1/c(=N\c2ccc3cc(-c4cc(C(F)(F)F)cc(C(F)(F)F)c4)ccc3n2)ccc2cc(-c3cc(C(F)(F)F)cc(C(F)(F)F)c3)ccc21. The summed E-state index contributed by atoms with van der Waals surface area (Å²) in [5, 5.41) is 0.281. The third-order valence-electron chi connectivity index (χ3n) is 7.89. The maximum atomic E-state index is 14.4. The van der Waals surface area contributed by atoms with Gasteiger partial charge in [-0.1, -0.05) is 12.1 Å². The Hall–Kier alpha value is -5.42. The number of aromatic nitrogens is 2. The Morgan fingerprint density at radius 3 is 1.37 bits per heavy atom. The van der Waals surface area contributed by atoms with Crippen LogP contribution in [0.1, 0.15) is 22.3 Å². The highest BCUT2D eigenvalue weighted by Crippen LogP contribution is 2.41. The van der Waals surface area contributed by atoms with Gasteiger partial charge < -0.3 is 4.48 Å². The molecule has 0 aliphatic heterocycles. The van der Waals surface area contributed by atoms with Crippen LogP contribution in [0.5, 0.6) is 0 Å². The summed E-state index contributed by atoms with van der Waals surface area (Å²) in [5.74, 6) is -0.132. The van der Waals surface area contributed by atoms with Gasteiger partial charge in [-0.25, -0.2) is 9.98 Å². The van der Waals surface area contributed by atoms with E-state index in [1.165, 1.54) is 36.4 Å². The Labute approximate surface area is 282 Å². The first-order valence-electron chi connectivity index (χ1n) is 14.6.